The first-order valence-electron chi connectivity index (χ1n) is 17.4. The van der Waals surface area contributed by atoms with Crippen molar-refractivity contribution in [3.63, 3.8) is 0 Å². The van der Waals surface area contributed by atoms with Crippen LogP contribution in [-0.4, -0.2) is 73.7 Å². The van der Waals surface area contributed by atoms with Gasteiger partial charge in [0, 0.05) is 31.9 Å². The van der Waals surface area contributed by atoms with Crippen molar-refractivity contribution in [2.75, 3.05) is 19.4 Å². The Labute approximate surface area is 308 Å². The fourth-order valence-electron chi connectivity index (χ4n) is 6.13. The third-order valence-electron chi connectivity index (χ3n) is 8.22. The molecule has 1 saturated heterocycles. The van der Waals surface area contributed by atoms with E-state index in [4.69, 9.17) is 37.7 Å². The summed E-state index contributed by atoms with van der Waals surface area (Å²) >= 11 is 0. The Hall–Kier alpha value is -4.87. The highest BCUT2D eigenvalue weighted by atomic mass is 31.2. The van der Waals surface area contributed by atoms with Crippen LogP contribution in [0.2, 0.25) is 0 Å². The Balaban J connectivity index is 1.47. The van der Waals surface area contributed by atoms with Gasteiger partial charge in [-0.1, -0.05) is 72.8 Å². The van der Waals surface area contributed by atoms with Crippen molar-refractivity contribution in [2.45, 2.75) is 71.7 Å². The van der Waals surface area contributed by atoms with Crippen molar-refractivity contribution < 1.29 is 51.7 Å². The van der Waals surface area contributed by atoms with Crippen molar-refractivity contribution >= 4 is 47.7 Å². The molecule has 13 heteroatoms. The van der Waals surface area contributed by atoms with Gasteiger partial charge in [0.2, 0.25) is 12.4 Å². The summed E-state index contributed by atoms with van der Waals surface area (Å²) in [7, 11) is -3.56. The number of carbonyl (C=O) groups excluding carboxylic acids is 3. The molecule has 1 fully saturated rings. The fourth-order valence-corrected chi connectivity index (χ4v) is 7.82. The maximum Gasteiger partial charge on any atom is 0.330 e. The van der Waals surface area contributed by atoms with Crippen LogP contribution in [0.1, 0.15) is 52.2 Å². The van der Waals surface area contributed by atoms with E-state index in [1.165, 1.54) is 20.8 Å². The number of hydrogen-bond donors (Lipinski definition) is 0. The highest BCUT2D eigenvalue weighted by Crippen LogP contribution is 2.49. The molecule has 0 spiro atoms. The van der Waals surface area contributed by atoms with Gasteiger partial charge in [0.05, 0.1) is 30.8 Å². The average Bonchev–Trinajstić information content (AvgIpc) is 3.12. The molecule has 0 radical (unpaired) electrons. The van der Waals surface area contributed by atoms with Gasteiger partial charge in [0.15, 0.2) is 12.2 Å². The van der Waals surface area contributed by atoms with E-state index in [2.05, 4.69) is 0 Å². The number of rotatable bonds is 15. The van der Waals surface area contributed by atoms with Crippen molar-refractivity contribution in [3.8, 4) is 5.75 Å². The van der Waals surface area contributed by atoms with Crippen molar-refractivity contribution in [2.24, 2.45) is 4.99 Å². The summed E-state index contributed by atoms with van der Waals surface area (Å²) in [5.74, 6) is -1.77. The minimum atomic E-state index is -3.56. The second-order valence-electron chi connectivity index (χ2n) is 12.2. The lowest BCUT2D eigenvalue weighted by atomic mass is 9.96. The molecule has 0 saturated carbocycles. The Bertz CT molecular complexity index is 1900. The Morgan fingerprint density at radius 1 is 0.679 bits per heavy atom. The van der Waals surface area contributed by atoms with Crippen LogP contribution in [0, 0.1) is 0 Å². The zero-order valence-corrected chi connectivity index (χ0v) is 31.2. The highest BCUT2D eigenvalue weighted by Gasteiger charge is 2.53. The molecule has 280 valence electrons. The van der Waals surface area contributed by atoms with Crippen molar-refractivity contribution in [3.05, 3.63) is 108 Å². The Morgan fingerprint density at radius 3 is 1.77 bits per heavy atom. The van der Waals surface area contributed by atoms with E-state index < -0.39 is 56.2 Å². The molecule has 5 rings (SSSR count). The van der Waals surface area contributed by atoms with Gasteiger partial charge in [-0.05, 0) is 55.3 Å². The minimum absolute atomic E-state index is 0.00535. The number of ether oxygens (including phenoxy) is 5. The standard InChI is InChI=1S/C40H44NO11P/c1-6-46-53(45,47-7-2)23-22-35-37(48-26(3)42)38(49-27(4)43)39(50-28(5)44)40(52-35)51-34-21-19-31-24-33(20-18-32(31)25-34)41-36(29-14-10-8-11-15-29)30-16-12-9-13-17-30/h8-21,24-25,35,37-40H,6-7,22-23H2,1-5H3/t35-,37-,38+,39+,40+/m1/s1. The second-order valence-corrected chi connectivity index (χ2v) is 14.4. The predicted octanol–water partition coefficient (Wildman–Crippen LogP) is 7.56. The summed E-state index contributed by atoms with van der Waals surface area (Å²) in [4.78, 5) is 42.0. The van der Waals surface area contributed by atoms with Gasteiger partial charge < -0.3 is 32.7 Å². The molecular formula is C40H44NO11P. The first-order valence-corrected chi connectivity index (χ1v) is 19.2. The summed E-state index contributed by atoms with van der Waals surface area (Å²) < 4.78 is 53.8. The molecule has 4 aromatic carbocycles. The van der Waals surface area contributed by atoms with E-state index in [0.29, 0.717) is 5.75 Å². The van der Waals surface area contributed by atoms with E-state index in [0.717, 1.165) is 33.3 Å². The Morgan fingerprint density at radius 2 is 1.21 bits per heavy atom. The lowest BCUT2D eigenvalue weighted by Gasteiger charge is -2.44. The molecule has 1 aliphatic rings. The smallest absolute Gasteiger partial charge is 0.330 e. The fraction of sp³-hybridized carbons (Fsp3) is 0.350. The molecule has 1 heterocycles. The number of hydrogen-bond acceptors (Lipinski definition) is 12. The third-order valence-corrected chi connectivity index (χ3v) is 10.3. The lowest BCUT2D eigenvalue weighted by Crippen LogP contribution is -2.62. The van der Waals surface area contributed by atoms with Crippen LogP contribution in [0.4, 0.5) is 5.69 Å². The van der Waals surface area contributed by atoms with Crippen LogP contribution in [-0.2, 0) is 46.9 Å². The van der Waals surface area contributed by atoms with E-state index in [1.807, 2.05) is 84.9 Å². The number of nitrogens with zero attached hydrogens (tertiary/aromatic N) is 1. The monoisotopic (exact) mass is 745 g/mol. The molecule has 1 aliphatic heterocycles. The van der Waals surface area contributed by atoms with E-state index in [9.17, 15) is 18.9 Å². The molecule has 0 bridgehead atoms. The van der Waals surface area contributed by atoms with Gasteiger partial charge >= 0.3 is 25.5 Å². The Kier molecular flexibility index (Phi) is 13.5. The van der Waals surface area contributed by atoms with Gasteiger partial charge in [0.1, 0.15) is 11.9 Å². The molecule has 0 aromatic heterocycles. The van der Waals surface area contributed by atoms with Gasteiger partial charge in [-0.2, -0.15) is 0 Å². The minimum Gasteiger partial charge on any atom is -0.461 e. The zero-order chi connectivity index (χ0) is 38.0. The van der Waals surface area contributed by atoms with Crippen LogP contribution in [0.15, 0.2) is 102 Å². The molecule has 0 unspecified atom stereocenters. The summed E-state index contributed by atoms with van der Waals surface area (Å²) in [6.07, 6.45) is -6.39. The molecule has 5 atom stereocenters. The maximum atomic E-state index is 13.4. The van der Waals surface area contributed by atoms with Gasteiger partial charge in [-0.15, -0.1) is 0 Å². The molecule has 4 aromatic rings. The summed E-state index contributed by atoms with van der Waals surface area (Å²) in [5, 5.41) is 1.70. The number of fused-ring (bicyclic) bond motifs is 1. The van der Waals surface area contributed by atoms with Crippen LogP contribution < -0.4 is 4.74 Å². The quantitative estimate of drug-likeness (QED) is 0.0514. The second kappa shape index (κ2) is 18.3. The molecule has 53 heavy (non-hydrogen) atoms. The van der Waals surface area contributed by atoms with Crippen molar-refractivity contribution in [1.82, 2.24) is 0 Å². The van der Waals surface area contributed by atoms with Crippen LogP contribution >= 0.6 is 7.60 Å². The normalized spacial score (nSPS) is 19.9. The summed E-state index contributed by atoms with van der Waals surface area (Å²) in [6, 6.07) is 31.1. The third kappa shape index (κ3) is 10.6. The first-order chi connectivity index (χ1) is 25.5. The van der Waals surface area contributed by atoms with E-state index in [-0.39, 0.29) is 25.8 Å². The van der Waals surface area contributed by atoms with Crippen molar-refractivity contribution in [1.29, 1.82) is 0 Å². The molecule has 12 nitrogen and oxygen atoms in total. The van der Waals surface area contributed by atoms with E-state index in [1.54, 1.807) is 26.0 Å². The predicted molar refractivity (Wildman–Crippen MR) is 198 cm³/mol. The molecule has 0 N–H and O–H groups in total. The topological polar surface area (TPSA) is 145 Å². The van der Waals surface area contributed by atoms with Gasteiger partial charge in [-0.25, -0.2) is 4.99 Å². The highest BCUT2D eigenvalue weighted by molar-refractivity contribution is 7.53. The van der Waals surface area contributed by atoms with Crippen LogP contribution in [0.3, 0.4) is 0 Å². The summed E-state index contributed by atoms with van der Waals surface area (Å²) in [6.45, 7) is 7.22. The molecular weight excluding hydrogens is 701 g/mol. The largest absolute Gasteiger partial charge is 0.461 e. The lowest BCUT2D eigenvalue weighted by molar-refractivity contribution is -0.283. The number of benzene rings is 4. The molecule has 0 amide bonds. The number of esters is 3. The van der Waals surface area contributed by atoms with Gasteiger partial charge in [-0.3, -0.25) is 18.9 Å². The summed E-state index contributed by atoms with van der Waals surface area (Å²) in [5.41, 5.74) is 3.55. The average molecular weight is 746 g/mol. The number of carbonyl (C=O) groups is 3. The SMILES string of the molecule is CCOP(=O)(CC[C@H]1O[C@H](Oc2ccc3cc(N=C(c4ccccc4)c4ccccc4)ccc3c2)[C@@H](OC(C)=O)[C@@H](OC(C)=O)[C@@H]1OC(C)=O)OCC. The maximum absolute atomic E-state index is 13.4. The molecule has 0 aliphatic carbocycles. The first kappa shape index (κ1) is 39.3. The zero-order valence-electron chi connectivity index (χ0n) is 30.3. The van der Waals surface area contributed by atoms with E-state index >= 15 is 0 Å². The van der Waals surface area contributed by atoms with Crippen LogP contribution in [0.25, 0.3) is 10.8 Å². The van der Waals surface area contributed by atoms with Gasteiger partial charge in [0.25, 0.3) is 0 Å². The number of aliphatic imine (C=N–C) groups is 1. The van der Waals surface area contributed by atoms with Crippen LogP contribution in [0.5, 0.6) is 5.75 Å².